The third kappa shape index (κ3) is 3.77. The summed E-state index contributed by atoms with van der Waals surface area (Å²) in [5, 5.41) is 0. The first kappa shape index (κ1) is 18.7. The zero-order valence-electron chi connectivity index (χ0n) is 16.4. The number of H-pyrrole nitrogens is 2. The molecule has 0 fully saturated rings. The van der Waals surface area contributed by atoms with E-state index in [-0.39, 0.29) is 11.6 Å². The second-order valence-electron chi connectivity index (χ2n) is 8.05. The van der Waals surface area contributed by atoms with E-state index < -0.39 is 0 Å². The van der Waals surface area contributed by atoms with Crippen LogP contribution in [0.4, 0.5) is 8.78 Å². The van der Waals surface area contributed by atoms with Crippen molar-refractivity contribution < 1.29 is 8.78 Å². The quantitative estimate of drug-likeness (QED) is 0.501. The summed E-state index contributed by atoms with van der Waals surface area (Å²) in [7, 11) is 0. The highest BCUT2D eigenvalue weighted by Crippen LogP contribution is 2.34. The molecule has 2 N–H and O–H groups in total. The highest BCUT2D eigenvalue weighted by atomic mass is 19.1. The van der Waals surface area contributed by atoms with Gasteiger partial charge in [0.05, 0.1) is 12.7 Å². The van der Waals surface area contributed by atoms with Crippen LogP contribution in [-0.4, -0.2) is 19.9 Å². The van der Waals surface area contributed by atoms with E-state index in [9.17, 15) is 8.78 Å². The Balaban J connectivity index is 0.000000128. The summed E-state index contributed by atoms with van der Waals surface area (Å²) >= 11 is 0. The van der Waals surface area contributed by atoms with Crippen LogP contribution in [0.15, 0.2) is 61.4 Å². The molecular weight excluding hydrogens is 382 g/mol. The van der Waals surface area contributed by atoms with Crippen LogP contribution in [0.5, 0.6) is 0 Å². The number of halogens is 2. The van der Waals surface area contributed by atoms with Crippen LogP contribution >= 0.6 is 0 Å². The predicted molar refractivity (Wildman–Crippen MR) is 110 cm³/mol. The molecule has 152 valence electrons. The minimum absolute atomic E-state index is 0.140. The summed E-state index contributed by atoms with van der Waals surface area (Å²) in [6.07, 6.45) is 10.9. The molecule has 2 heterocycles. The lowest BCUT2D eigenvalue weighted by molar-refractivity contribution is 0.625. The highest BCUT2D eigenvalue weighted by molar-refractivity contribution is 5.37. The van der Waals surface area contributed by atoms with Crippen molar-refractivity contribution in [3.8, 4) is 0 Å². The van der Waals surface area contributed by atoms with Gasteiger partial charge < -0.3 is 9.97 Å². The lowest BCUT2D eigenvalue weighted by atomic mass is 10.0. The summed E-state index contributed by atoms with van der Waals surface area (Å²) in [5.41, 5.74) is 7.08. The van der Waals surface area contributed by atoms with Crippen LogP contribution in [-0.2, 0) is 25.7 Å². The largest absolute Gasteiger partial charge is 0.348 e. The number of rotatable bonds is 2. The first-order valence-corrected chi connectivity index (χ1v) is 10.2. The Labute approximate surface area is 173 Å². The fourth-order valence-corrected chi connectivity index (χ4v) is 4.59. The van der Waals surface area contributed by atoms with E-state index in [1.807, 2.05) is 24.5 Å². The topological polar surface area (TPSA) is 57.4 Å². The second kappa shape index (κ2) is 7.86. The van der Waals surface area contributed by atoms with Crippen molar-refractivity contribution in [2.75, 3.05) is 0 Å². The molecular formula is C24H22F2N4. The SMILES string of the molecule is Fc1ccc2c(c1)CC(c1cnc[nH]1)C2.Fc1ccc2c(c1)CC(c1cnc[nH]1)C2. The van der Waals surface area contributed by atoms with Crippen LogP contribution in [0.25, 0.3) is 0 Å². The molecule has 4 aromatic rings. The number of nitrogens with zero attached hydrogens (tertiary/aromatic N) is 2. The zero-order chi connectivity index (χ0) is 20.5. The summed E-state index contributed by atoms with van der Waals surface area (Å²) in [6.45, 7) is 0. The van der Waals surface area contributed by atoms with Crippen molar-refractivity contribution in [1.82, 2.24) is 19.9 Å². The molecule has 2 aliphatic carbocycles. The van der Waals surface area contributed by atoms with Gasteiger partial charge in [0.25, 0.3) is 0 Å². The van der Waals surface area contributed by atoms with Gasteiger partial charge in [-0.2, -0.15) is 0 Å². The van der Waals surface area contributed by atoms with Gasteiger partial charge >= 0.3 is 0 Å². The predicted octanol–water partition coefficient (Wildman–Crippen LogP) is 4.86. The Morgan fingerprint density at radius 2 is 1.07 bits per heavy atom. The Morgan fingerprint density at radius 3 is 1.47 bits per heavy atom. The third-order valence-corrected chi connectivity index (χ3v) is 6.12. The average molecular weight is 404 g/mol. The number of aromatic nitrogens is 4. The number of aromatic amines is 2. The van der Waals surface area contributed by atoms with Crippen LogP contribution in [0.2, 0.25) is 0 Å². The van der Waals surface area contributed by atoms with E-state index >= 15 is 0 Å². The van der Waals surface area contributed by atoms with Gasteiger partial charge in [0, 0.05) is 35.6 Å². The number of hydrogen-bond acceptors (Lipinski definition) is 2. The van der Waals surface area contributed by atoms with Gasteiger partial charge in [-0.1, -0.05) is 12.1 Å². The monoisotopic (exact) mass is 404 g/mol. The molecule has 2 aromatic heterocycles. The molecule has 6 heteroatoms. The van der Waals surface area contributed by atoms with Gasteiger partial charge in [0.2, 0.25) is 0 Å². The van der Waals surface area contributed by atoms with Crippen molar-refractivity contribution in [2.24, 2.45) is 0 Å². The molecule has 0 radical (unpaired) electrons. The highest BCUT2D eigenvalue weighted by Gasteiger charge is 2.24. The maximum absolute atomic E-state index is 13.0. The van der Waals surface area contributed by atoms with Crippen molar-refractivity contribution in [3.05, 3.63) is 107 Å². The van der Waals surface area contributed by atoms with E-state index in [0.717, 1.165) is 48.2 Å². The Bertz CT molecular complexity index is 1040. The maximum Gasteiger partial charge on any atom is 0.123 e. The lowest BCUT2D eigenvalue weighted by Crippen LogP contribution is -1.97. The molecule has 2 atom stereocenters. The second-order valence-corrected chi connectivity index (χ2v) is 8.05. The molecule has 30 heavy (non-hydrogen) atoms. The molecule has 0 amide bonds. The van der Waals surface area contributed by atoms with E-state index in [2.05, 4.69) is 19.9 Å². The van der Waals surface area contributed by atoms with Gasteiger partial charge in [-0.25, -0.2) is 18.7 Å². The van der Waals surface area contributed by atoms with Crippen molar-refractivity contribution in [2.45, 2.75) is 37.5 Å². The molecule has 0 bridgehead atoms. The van der Waals surface area contributed by atoms with Gasteiger partial charge in [0.1, 0.15) is 11.6 Å². The minimum atomic E-state index is -0.140. The normalized spacial score (nSPS) is 19.1. The number of fused-ring (bicyclic) bond motifs is 2. The molecule has 0 aliphatic heterocycles. The van der Waals surface area contributed by atoms with Gasteiger partial charge in [-0.05, 0) is 72.2 Å². The summed E-state index contributed by atoms with van der Waals surface area (Å²) in [5.74, 6) is 0.589. The fraction of sp³-hybridized carbons (Fsp3) is 0.250. The summed E-state index contributed by atoms with van der Waals surface area (Å²) < 4.78 is 26.0. The van der Waals surface area contributed by atoms with Gasteiger partial charge in [0.15, 0.2) is 0 Å². The standard InChI is InChI=1S/2C12H11FN2/c2*13-11-2-1-8-3-10(4-9(8)5-11)12-6-14-7-15-12/h2*1-2,5-7,10H,3-4H2,(H,14,15). The van der Waals surface area contributed by atoms with E-state index in [4.69, 9.17) is 0 Å². The molecule has 2 aromatic carbocycles. The molecule has 0 saturated carbocycles. The zero-order valence-corrected chi connectivity index (χ0v) is 16.4. The summed E-state index contributed by atoms with van der Waals surface area (Å²) in [4.78, 5) is 14.3. The van der Waals surface area contributed by atoms with Gasteiger partial charge in [-0.15, -0.1) is 0 Å². The molecule has 0 saturated heterocycles. The van der Waals surface area contributed by atoms with E-state index in [1.54, 1.807) is 24.8 Å². The third-order valence-electron chi connectivity index (χ3n) is 6.12. The molecule has 0 spiro atoms. The fourth-order valence-electron chi connectivity index (χ4n) is 4.59. The number of benzene rings is 2. The molecule has 4 nitrogen and oxygen atoms in total. The number of imidazole rings is 2. The number of hydrogen-bond donors (Lipinski definition) is 2. The molecule has 2 aliphatic rings. The average Bonchev–Trinajstić information content (AvgIpc) is 3.53. The van der Waals surface area contributed by atoms with Crippen LogP contribution in [0, 0.1) is 11.6 Å². The smallest absolute Gasteiger partial charge is 0.123 e. The number of nitrogens with one attached hydrogen (secondary N) is 2. The Morgan fingerprint density at radius 1 is 0.633 bits per heavy atom. The maximum atomic E-state index is 13.0. The van der Waals surface area contributed by atoms with Crippen LogP contribution in [0.1, 0.15) is 45.5 Å². The van der Waals surface area contributed by atoms with Gasteiger partial charge in [-0.3, -0.25) is 0 Å². The molecule has 6 rings (SSSR count). The Hall–Kier alpha value is -3.28. The first-order chi connectivity index (χ1) is 14.7. The summed E-state index contributed by atoms with van der Waals surface area (Å²) in [6, 6.07) is 10.1. The minimum Gasteiger partial charge on any atom is -0.348 e. The van der Waals surface area contributed by atoms with Crippen LogP contribution < -0.4 is 0 Å². The van der Waals surface area contributed by atoms with E-state index in [1.165, 1.54) is 23.3 Å². The van der Waals surface area contributed by atoms with Crippen molar-refractivity contribution >= 4 is 0 Å². The Kier molecular flexibility index (Phi) is 4.91. The van der Waals surface area contributed by atoms with Crippen molar-refractivity contribution in [3.63, 3.8) is 0 Å². The van der Waals surface area contributed by atoms with E-state index in [0.29, 0.717) is 11.8 Å². The van der Waals surface area contributed by atoms with Crippen molar-refractivity contribution in [1.29, 1.82) is 0 Å². The van der Waals surface area contributed by atoms with Crippen LogP contribution in [0.3, 0.4) is 0 Å². The lowest BCUT2D eigenvalue weighted by Gasteiger charge is -2.03. The molecule has 2 unspecified atom stereocenters. The first-order valence-electron chi connectivity index (χ1n) is 10.2.